The van der Waals surface area contributed by atoms with E-state index in [4.69, 9.17) is 9.47 Å². The lowest BCUT2D eigenvalue weighted by Crippen LogP contribution is -2.13. The smallest absolute Gasteiger partial charge is 0.395 e. The molecular formula is C33H50O3. The van der Waals surface area contributed by atoms with Gasteiger partial charge in [0.2, 0.25) is 0 Å². The summed E-state index contributed by atoms with van der Waals surface area (Å²) in [6.45, 7) is 4.52. The molecule has 3 nitrogen and oxygen atoms in total. The normalized spacial score (nSPS) is 10.9. The molecule has 0 saturated carbocycles. The minimum atomic E-state index is -0.693. The summed E-state index contributed by atoms with van der Waals surface area (Å²) in [5.74, 6) is 1.04. The zero-order chi connectivity index (χ0) is 25.7. The second-order valence-corrected chi connectivity index (χ2v) is 10.2. The fourth-order valence-corrected chi connectivity index (χ4v) is 4.59. The maximum atomic E-state index is 12.2. The minimum absolute atomic E-state index is 0.519. The number of hydrogen-bond acceptors (Lipinski definition) is 3. The van der Waals surface area contributed by atoms with Gasteiger partial charge in [-0.2, -0.15) is 0 Å². The number of unbranched alkanes of at least 4 members (excludes halogenated alkanes) is 14. The summed E-state index contributed by atoms with van der Waals surface area (Å²) in [4.78, 5) is 12.2. The number of hydrogen-bond donors (Lipinski definition) is 0. The van der Waals surface area contributed by atoms with Crippen LogP contribution in [-0.4, -0.2) is 6.16 Å². The van der Waals surface area contributed by atoms with E-state index < -0.39 is 6.16 Å². The van der Waals surface area contributed by atoms with Crippen molar-refractivity contribution in [1.82, 2.24) is 0 Å². The molecule has 36 heavy (non-hydrogen) atoms. The Morgan fingerprint density at radius 3 is 1.11 bits per heavy atom. The first-order valence-electron chi connectivity index (χ1n) is 14.8. The quantitative estimate of drug-likeness (QED) is 0.104. The number of aryl methyl sites for hydroxylation is 2. The highest BCUT2D eigenvalue weighted by Gasteiger charge is 2.08. The van der Waals surface area contributed by atoms with Crippen molar-refractivity contribution < 1.29 is 14.3 Å². The fraction of sp³-hybridized carbons (Fsp3) is 0.606. The summed E-state index contributed by atoms with van der Waals surface area (Å²) in [5, 5.41) is 0. The molecule has 0 saturated heterocycles. The van der Waals surface area contributed by atoms with Gasteiger partial charge in [0.15, 0.2) is 0 Å². The van der Waals surface area contributed by atoms with Gasteiger partial charge in [-0.25, -0.2) is 4.79 Å². The Labute approximate surface area is 221 Å². The van der Waals surface area contributed by atoms with E-state index in [-0.39, 0.29) is 0 Å². The second-order valence-electron chi connectivity index (χ2n) is 10.2. The topological polar surface area (TPSA) is 35.5 Å². The van der Waals surface area contributed by atoms with Crippen LogP contribution in [0.25, 0.3) is 0 Å². The van der Waals surface area contributed by atoms with Crippen LogP contribution < -0.4 is 9.47 Å². The van der Waals surface area contributed by atoms with E-state index in [9.17, 15) is 4.79 Å². The molecule has 0 atom stereocenters. The Morgan fingerprint density at radius 1 is 0.472 bits per heavy atom. The molecule has 2 aromatic carbocycles. The van der Waals surface area contributed by atoms with Crippen molar-refractivity contribution in [1.29, 1.82) is 0 Å². The maximum absolute atomic E-state index is 12.2. The molecule has 200 valence electrons. The highest BCUT2D eigenvalue weighted by molar-refractivity contribution is 5.67. The second kappa shape index (κ2) is 19.8. The van der Waals surface area contributed by atoms with Gasteiger partial charge in [0.05, 0.1) is 0 Å². The summed E-state index contributed by atoms with van der Waals surface area (Å²) >= 11 is 0. The van der Waals surface area contributed by atoms with E-state index in [0.717, 1.165) is 12.8 Å². The Bertz CT molecular complexity index is 727. The van der Waals surface area contributed by atoms with Crippen molar-refractivity contribution >= 4 is 6.16 Å². The molecule has 2 aromatic rings. The van der Waals surface area contributed by atoms with Gasteiger partial charge >= 0.3 is 6.16 Å². The number of benzene rings is 2. The number of rotatable bonds is 20. The van der Waals surface area contributed by atoms with Crippen molar-refractivity contribution in [2.45, 2.75) is 129 Å². The van der Waals surface area contributed by atoms with Crippen molar-refractivity contribution in [2.75, 3.05) is 0 Å². The monoisotopic (exact) mass is 494 g/mol. The van der Waals surface area contributed by atoms with E-state index in [2.05, 4.69) is 13.8 Å². The van der Waals surface area contributed by atoms with Crippen LogP contribution in [0, 0.1) is 0 Å². The largest absolute Gasteiger partial charge is 0.519 e. The predicted molar refractivity (Wildman–Crippen MR) is 152 cm³/mol. The highest BCUT2D eigenvalue weighted by Crippen LogP contribution is 2.19. The van der Waals surface area contributed by atoms with Crippen LogP contribution in [0.2, 0.25) is 0 Å². The van der Waals surface area contributed by atoms with Gasteiger partial charge in [-0.05, 0) is 61.1 Å². The number of carbonyl (C=O) groups is 1. The highest BCUT2D eigenvalue weighted by atomic mass is 16.7. The van der Waals surface area contributed by atoms with Gasteiger partial charge in [0, 0.05) is 0 Å². The number of carbonyl (C=O) groups excluding carboxylic acids is 1. The minimum Gasteiger partial charge on any atom is -0.395 e. The molecule has 0 bridgehead atoms. The van der Waals surface area contributed by atoms with Crippen LogP contribution in [0.1, 0.15) is 128 Å². The van der Waals surface area contributed by atoms with Crippen LogP contribution in [0.5, 0.6) is 11.5 Å². The molecule has 0 aliphatic heterocycles. The summed E-state index contributed by atoms with van der Waals surface area (Å²) in [6, 6.07) is 15.6. The maximum Gasteiger partial charge on any atom is 0.519 e. The van der Waals surface area contributed by atoms with Crippen molar-refractivity contribution in [3.8, 4) is 11.5 Å². The Morgan fingerprint density at radius 2 is 0.778 bits per heavy atom. The van der Waals surface area contributed by atoms with Gasteiger partial charge < -0.3 is 9.47 Å². The lowest BCUT2D eigenvalue weighted by Gasteiger charge is -2.08. The third-order valence-corrected chi connectivity index (χ3v) is 6.89. The van der Waals surface area contributed by atoms with Crippen LogP contribution in [0.3, 0.4) is 0 Å². The van der Waals surface area contributed by atoms with Crippen molar-refractivity contribution in [2.24, 2.45) is 0 Å². The van der Waals surface area contributed by atoms with Gasteiger partial charge in [-0.3, -0.25) is 0 Å². The van der Waals surface area contributed by atoms with Crippen LogP contribution in [-0.2, 0) is 12.8 Å². The Hall–Kier alpha value is -2.29. The molecule has 0 amide bonds. The standard InChI is InChI=1S/C33H50O3/c1-3-5-7-9-11-13-15-17-19-29-21-25-31(26-22-29)35-33(34)36-32-27-23-30(24-28-32)20-18-16-14-12-10-8-6-4-2/h21-28H,3-20H2,1-2H3. The zero-order valence-electron chi connectivity index (χ0n) is 23.1. The first-order chi connectivity index (χ1) is 17.7. The summed E-state index contributed by atoms with van der Waals surface area (Å²) in [5.41, 5.74) is 2.57. The Kier molecular flexibility index (Phi) is 16.5. The summed E-state index contributed by atoms with van der Waals surface area (Å²) < 4.78 is 10.7. The molecule has 0 heterocycles. The van der Waals surface area contributed by atoms with E-state index in [1.807, 2.05) is 48.5 Å². The lowest BCUT2D eigenvalue weighted by molar-refractivity contribution is 0.152. The van der Waals surface area contributed by atoms with E-state index in [1.165, 1.54) is 114 Å². The van der Waals surface area contributed by atoms with Gasteiger partial charge in [-0.15, -0.1) is 0 Å². The molecule has 0 fully saturated rings. The Balaban J connectivity index is 1.58. The molecule has 0 N–H and O–H groups in total. The van der Waals surface area contributed by atoms with Crippen LogP contribution >= 0.6 is 0 Å². The average molecular weight is 495 g/mol. The molecule has 0 aliphatic carbocycles. The molecule has 0 unspecified atom stereocenters. The van der Waals surface area contributed by atoms with E-state index in [0.29, 0.717) is 11.5 Å². The van der Waals surface area contributed by atoms with Gasteiger partial charge in [-0.1, -0.05) is 128 Å². The molecule has 0 aliphatic rings. The molecular weight excluding hydrogens is 444 g/mol. The third kappa shape index (κ3) is 14.3. The predicted octanol–water partition coefficient (Wildman–Crippen LogP) is 10.6. The first-order valence-corrected chi connectivity index (χ1v) is 14.8. The van der Waals surface area contributed by atoms with Crippen molar-refractivity contribution in [3.05, 3.63) is 59.7 Å². The molecule has 3 heteroatoms. The summed E-state index contributed by atoms with van der Waals surface area (Å²) in [7, 11) is 0. The molecule has 0 spiro atoms. The fourth-order valence-electron chi connectivity index (χ4n) is 4.59. The van der Waals surface area contributed by atoms with E-state index >= 15 is 0 Å². The lowest BCUT2D eigenvalue weighted by atomic mass is 10.0. The zero-order valence-corrected chi connectivity index (χ0v) is 23.1. The van der Waals surface area contributed by atoms with E-state index in [1.54, 1.807) is 0 Å². The van der Waals surface area contributed by atoms with Gasteiger partial charge in [0.1, 0.15) is 11.5 Å². The van der Waals surface area contributed by atoms with Gasteiger partial charge in [0.25, 0.3) is 0 Å². The SMILES string of the molecule is CCCCCCCCCCc1ccc(OC(=O)Oc2ccc(CCCCCCCCCC)cc2)cc1. The third-order valence-electron chi connectivity index (χ3n) is 6.89. The first kappa shape index (κ1) is 29.9. The molecule has 0 radical (unpaired) electrons. The average Bonchev–Trinajstić information content (AvgIpc) is 2.89. The van der Waals surface area contributed by atoms with Crippen LogP contribution in [0.4, 0.5) is 4.79 Å². The number of ether oxygens (including phenoxy) is 2. The van der Waals surface area contributed by atoms with Crippen molar-refractivity contribution in [3.63, 3.8) is 0 Å². The van der Waals surface area contributed by atoms with Crippen LogP contribution in [0.15, 0.2) is 48.5 Å². The molecule has 2 rings (SSSR count). The summed E-state index contributed by atoms with van der Waals surface area (Å²) in [6.07, 6.45) is 22.7. The molecule has 0 aromatic heterocycles.